The molecule has 0 bridgehead atoms. The highest BCUT2D eigenvalue weighted by Crippen LogP contribution is 2.24. The lowest BCUT2D eigenvalue weighted by Gasteiger charge is -2.15. The van der Waals surface area contributed by atoms with E-state index in [-0.39, 0.29) is 17.3 Å². The third-order valence-electron chi connectivity index (χ3n) is 5.89. The molecular weight excluding hydrogens is 420 g/mol. The number of hydrogen-bond acceptors (Lipinski definition) is 6. The highest BCUT2D eigenvalue weighted by atomic mass is 16.5. The van der Waals surface area contributed by atoms with Crippen LogP contribution in [0.2, 0.25) is 0 Å². The van der Waals surface area contributed by atoms with E-state index < -0.39 is 6.04 Å². The molecule has 0 unspecified atom stereocenters. The molecule has 3 N–H and O–H groups in total. The van der Waals surface area contributed by atoms with Gasteiger partial charge in [0, 0.05) is 47.4 Å². The number of aryl methyl sites for hydroxylation is 1. The minimum absolute atomic E-state index is 0.183. The lowest BCUT2D eigenvalue weighted by molar-refractivity contribution is -0.124. The molecule has 0 spiro atoms. The number of methoxy groups -OCH3 is 1. The first-order valence-electron chi connectivity index (χ1n) is 10.8. The molecule has 0 saturated heterocycles. The number of anilines is 1. The SMILES string of the molecule is COc1cccc(CNc2ncc3n(c2=O)[C@H](C(=O)NCc2cc4cnccc4[nH]2)CC3)c1. The molecule has 3 aromatic heterocycles. The molecule has 5 rings (SSSR count). The number of H-pyrrole nitrogens is 1. The highest BCUT2D eigenvalue weighted by Gasteiger charge is 2.30. The van der Waals surface area contributed by atoms with Gasteiger partial charge < -0.3 is 20.4 Å². The standard InChI is InChI=1S/C24H24N6O3/c1-33-19-4-2-3-15(9-19)11-26-22-24(32)30-18(14-27-22)5-6-21(30)23(31)28-13-17-10-16-12-25-8-7-20(16)29-17/h2-4,7-10,12,14,21,29H,5-6,11,13H2,1H3,(H,26,27)(H,28,31)/t21-/m0/s1. The molecule has 9 nitrogen and oxygen atoms in total. The second-order valence-corrected chi connectivity index (χ2v) is 8.01. The highest BCUT2D eigenvalue weighted by molar-refractivity contribution is 5.82. The smallest absolute Gasteiger partial charge is 0.294 e. The van der Waals surface area contributed by atoms with Gasteiger partial charge in [-0.2, -0.15) is 0 Å². The van der Waals surface area contributed by atoms with Crippen molar-refractivity contribution in [2.45, 2.75) is 32.0 Å². The second-order valence-electron chi connectivity index (χ2n) is 8.01. The Balaban J connectivity index is 1.29. The lowest BCUT2D eigenvalue weighted by atomic mass is 10.2. The number of aromatic amines is 1. The minimum Gasteiger partial charge on any atom is -0.497 e. The zero-order chi connectivity index (χ0) is 22.8. The molecule has 4 aromatic rings. The van der Waals surface area contributed by atoms with E-state index in [1.54, 1.807) is 30.3 Å². The molecule has 1 aromatic carbocycles. The molecule has 0 radical (unpaired) electrons. The Morgan fingerprint density at radius 3 is 3.00 bits per heavy atom. The molecule has 33 heavy (non-hydrogen) atoms. The van der Waals surface area contributed by atoms with Gasteiger partial charge in [-0.15, -0.1) is 0 Å². The van der Waals surface area contributed by atoms with E-state index in [1.807, 2.05) is 36.4 Å². The lowest BCUT2D eigenvalue weighted by Crippen LogP contribution is -2.36. The predicted octanol–water partition coefficient (Wildman–Crippen LogP) is 2.54. The molecule has 0 saturated carbocycles. The Hall–Kier alpha value is -4.14. The number of hydrogen-bond donors (Lipinski definition) is 3. The van der Waals surface area contributed by atoms with E-state index in [2.05, 4.69) is 25.6 Å². The van der Waals surface area contributed by atoms with Crippen LogP contribution in [-0.4, -0.2) is 32.5 Å². The van der Waals surface area contributed by atoms with Gasteiger partial charge in [-0.3, -0.25) is 19.1 Å². The van der Waals surface area contributed by atoms with Crippen molar-refractivity contribution in [2.24, 2.45) is 0 Å². The summed E-state index contributed by atoms with van der Waals surface area (Å²) in [5.41, 5.74) is 3.29. The summed E-state index contributed by atoms with van der Waals surface area (Å²) in [6.45, 7) is 0.769. The third kappa shape index (κ3) is 4.17. The molecule has 0 aliphatic carbocycles. The Bertz CT molecular complexity index is 1340. The number of nitrogens with one attached hydrogen (secondary N) is 3. The average molecular weight is 444 g/mol. The number of ether oxygens (including phenoxy) is 1. The van der Waals surface area contributed by atoms with Crippen LogP contribution in [0.25, 0.3) is 10.9 Å². The number of carbonyl (C=O) groups excluding carboxylic acids is 1. The Morgan fingerprint density at radius 2 is 2.15 bits per heavy atom. The summed E-state index contributed by atoms with van der Waals surface area (Å²) in [4.78, 5) is 37.8. The van der Waals surface area contributed by atoms with Gasteiger partial charge in [0.05, 0.1) is 13.7 Å². The van der Waals surface area contributed by atoms with E-state index >= 15 is 0 Å². The van der Waals surface area contributed by atoms with Crippen LogP contribution < -0.4 is 20.9 Å². The third-order valence-corrected chi connectivity index (χ3v) is 5.89. The molecule has 1 aliphatic rings. The zero-order valence-corrected chi connectivity index (χ0v) is 18.2. The zero-order valence-electron chi connectivity index (χ0n) is 18.2. The van der Waals surface area contributed by atoms with Crippen LogP contribution in [0.4, 0.5) is 5.82 Å². The van der Waals surface area contributed by atoms with Gasteiger partial charge in [0.1, 0.15) is 11.8 Å². The first-order valence-corrected chi connectivity index (χ1v) is 10.8. The summed E-state index contributed by atoms with van der Waals surface area (Å²) in [7, 11) is 1.61. The van der Waals surface area contributed by atoms with Crippen molar-refractivity contribution in [3.63, 3.8) is 0 Å². The van der Waals surface area contributed by atoms with Crippen LogP contribution in [0.5, 0.6) is 5.75 Å². The van der Waals surface area contributed by atoms with Gasteiger partial charge in [-0.05, 0) is 42.7 Å². The fourth-order valence-electron chi connectivity index (χ4n) is 4.21. The second kappa shape index (κ2) is 8.78. The van der Waals surface area contributed by atoms with Crippen molar-refractivity contribution in [3.05, 3.63) is 82.3 Å². The molecular formula is C24H24N6O3. The normalized spacial score (nSPS) is 14.8. The van der Waals surface area contributed by atoms with Crippen molar-refractivity contribution in [3.8, 4) is 5.75 Å². The summed E-state index contributed by atoms with van der Waals surface area (Å²) >= 11 is 0. The summed E-state index contributed by atoms with van der Waals surface area (Å²) in [6, 6.07) is 10.9. The maximum atomic E-state index is 13.1. The van der Waals surface area contributed by atoms with Gasteiger partial charge >= 0.3 is 0 Å². The Kier molecular flexibility index (Phi) is 5.52. The van der Waals surface area contributed by atoms with E-state index in [9.17, 15) is 9.59 Å². The van der Waals surface area contributed by atoms with E-state index in [4.69, 9.17) is 4.74 Å². The number of fused-ring (bicyclic) bond motifs is 2. The Morgan fingerprint density at radius 1 is 1.24 bits per heavy atom. The van der Waals surface area contributed by atoms with Gasteiger partial charge in [-0.25, -0.2) is 4.98 Å². The van der Waals surface area contributed by atoms with Crippen LogP contribution in [0.1, 0.15) is 29.4 Å². The largest absolute Gasteiger partial charge is 0.497 e. The molecule has 168 valence electrons. The summed E-state index contributed by atoms with van der Waals surface area (Å²) < 4.78 is 6.81. The van der Waals surface area contributed by atoms with E-state index in [0.29, 0.717) is 25.9 Å². The number of aromatic nitrogens is 4. The van der Waals surface area contributed by atoms with Crippen molar-refractivity contribution < 1.29 is 9.53 Å². The maximum absolute atomic E-state index is 13.1. The number of pyridine rings is 1. The topological polar surface area (TPSA) is 114 Å². The predicted molar refractivity (Wildman–Crippen MR) is 124 cm³/mol. The molecule has 4 heterocycles. The Labute approximate surface area is 189 Å². The number of carbonyl (C=O) groups is 1. The molecule has 1 amide bonds. The van der Waals surface area contributed by atoms with Crippen LogP contribution in [0.15, 0.2) is 59.8 Å². The van der Waals surface area contributed by atoms with E-state index in [0.717, 1.165) is 33.6 Å². The summed E-state index contributed by atoms with van der Waals surface area (Å²) in [6.07, 6.45) is 6.37. The van der Waals surface area contributed by atoms with Crippen LogP contribution >= 0.6 is 0 Å². The first-order chi connectivity index (χ1) is 16.1. The molecule has 9 heteroatoms. The minimum atomic E-state index is -0.557. The number of rotatable bonds is 7. The number of nitrogens with zero attached hydrogens (tertiary/aromatic N) is 3. The van der Waals surface area contributed by atoms with Crippen molar-refractivity contribution in [2.75, 3.05) is 12.4 Å². The van der Waals surface area contributed by atoms with Gasteiger partial charge in [0.2, 0.25) is 5.91 Å². The van der Waals surface area contributed by atoms with Gasteiger partial charge in [-0.1, -0.05) is 12.1 Å². The van der Waals surface area contributed by atoms with Gasteiger partial charge in [0.25, 0.3) is 5.56 Å². The van der Waals surface area contributed by atoms with Crippen molar-refractivity contribution >= 4 is 22.6 Å². The van der Waals surface area contributed by atoms with E-state index in [1.165, 1.54) is 0 Å². The summed E-state index contributed by atoms with van der Waals surface area (Å²) in [5, 5.41) is 7.04. The number of amides is 1. The van der Waals surface area contributed by atoms with Crippen molar-refractivity contribution in [1.29, 1.82) is 0 Å². The number of benzene rings is 1. The molecule has 1 atom stereocenters. The summed E-state index contributed by atoms with van der Waals surface area (Å²) in [5.74, 6) is 0.790. The van der Waals surface area contributed by atoms with Crippen LogP contribution in [-0.2, 0) is 24.3 Å². The average Bonchev–Trinajstić information content (AvgIpc) is 3.47. The molecule has 0 fully saturated rings. The fraction of sp³-hybridized carbons (Fsp3) is 0.250. The molecule has 1 aliphatic heterocycles. The maximum Gasteiger partial charge on any atom is 0.294 e. The van der Waals surface area contributed by atoms with Crippen molar-refractivity contribution in [1.82, 2.24) is 24.8 Å². The van der Waals surface area contributed by atoms with Gasteiger partial charge in [0.15, 0.2) is 5.82 Å². The quantitative estimate of drug-likeness (QED) is 0.404. The van der Waals surface area contributed by atoms with Crippen LogP contribution in [0, 0.1) is 0 Å². The van der Waals surface area contributed by atoms with Crippen LogP contribution in [0.3, 0.4) is 0 Å². The monoisotopic (exact) mass is 444 g/mol. The first kappa shape index (κ1) is 20.7. The fourth-order valence-corrected chi connectivity index (χ4v) is 4.21.